The third kappa shape index (κ3) is 5.29. The van der Waals surface area contributed by atoms with Gasteiger partial charge >= 0.3 is 0 Å². The Morgan fingerprint density at radius 2 is 1.81 bits per heavy atom. The van der Waals surface area contributed by atoms with Crippen LogP contribution < -0.4 is 0 Å². The van der Waals surface area contributed by atoms with Gasteiger partial charge in [0.2, 0.25) is 0 Å². The second kappa shape index (κ2) is 9.29. The Kier molecular flexibility index (Phi) is 7.03. The second-order valence-electron chi connectivity index (χ2n) is 11.9. The molecule has 31 heavy (non-hydrogen) atoms. The van der Waals surface area contributed by atoms with Gasteiger partial charge in [0.25, 0.3) is 0 Å². The van der Waals surface area contributed by atoms with Crippen LogP contribution in [0.1, 0.15) is 85.0 Å². The molecular weight excluding hydrogens is 386 g/mol. The second-order valence-corrected chi connectivity index (χ2v) is 11.9. The zero-order chi connectivity index (χ0) is 22.2. The van der Waals surface area contributed by atoms with Crippen LogP contribution in [0.4, 0.5) is 0 Å². The summed E-state index contributed by atoms with van der Waals surface area (Å²) < 4.78 is 0. The molecule has 4 nitrogen and oxygen atoms in total. The number of aliphatic hydroxyl groups excluding tert-OH is 2. The Morgan fingerprint density at radius 3 is 2.52 bits per heavy atom. The molecule has 1 saturated heterocycles. The fourth-order valence-corrected chi connectivity index (χ4v) is 7.76. The van der Waals surface area contributed by atoms with Crippen LogP contribution in [0.25, 0.3) is 0 Å². The monoisotopic (exact) mass is 431 g/mol. The molecule has 4 aliphatic rings. The summed E-state index contributed by atoms with van der Waals surface area (Å²) in [5.74, 6) is 2.08. The predicted molar refractivity (Wildman–Crippen MR) is 126 cm³/mol. The van der Waals surface area contributed by atoms with Gasteiger partial charge < -0.3 is 20.2 Å². The summed E-state index contributed by atoms with van der Waals surface area (Å²) in [5, 5.41) is 30.5. The van der Waals surface area contributed by atoms with E-state index in [1.54, 1.807) is 5.57 Å². The smallest absolute Gasteiger partial charge is 0.0746 e. The number of hydrogen-bond donors (Lipinski definition) is 3. The summed E-state index contributed by atoms with van der Waals surface area (Å²) in [4.78, 5) is 2.51. The van der Waals surface area contributed by atoms with E-state index in [4.69, 9.17) is 0 Å². The zero-order valence-electron chi connectivity index (χ0n) is 20.0. The molecule has 3 saturated carbocycles. The van der Waals surface area contributed by atoms with Crippen molar-refractivity contribution < 1.29 is 15.3 Å². The van der Waals surface area contributed by atoms with E-state index in [-0.39, 0.29) is 0 Å². The van der Waals surface area contributed by atoms with Gasteiger partial charge in [-0.2, -0.15) is 0 Å². The van der Waals surface area contributed by atoms with Crippen molar-refractivity contribution in [3.05, 3.63) is 23.3 Å². The number of hydrogen-bond acceptors (Lipinski definition) is 4. The van der Waals surface area contributed by atoms with Crippen molar-refractivity contribution in [3.63, 3.8) is 0 Å². The maximum absolute atomic E-state index is 10.5. The van der Waals surface area contributed by atoms with Crippen molar-refractivity contribution >= 4 is 0 Å². The van der Waals surface area contributed by atoms with E-state index in [0.717, 1.165) is 38.4 Å². The summed E-state index contributed by atoms with van der Waals surface area (Å²) in [6.07, 6.45) is 14.2. The topological polar surface area (TPSA) is 63.9 Å². The molecule has 1 heterocycles. The van der Waals surface area contributed by atoms with Crippen molar-refractivity contribution in [2.75, 3.05) is 19.6 Å². The van der Waals surface area contributed by atoms with Gasteiger partial charge in [-0.3, -0.25) is 0 Å². The van der Waals surface area contributed by atoms with Crippen LogP contribution in [0.5, 0.6) is 0 Å². The first-order chi connectivity index (χ1) is 14.7. The Hall–Kier alpha value is -0.680. The summed E-state index contributed by atoms with van der Waals surface area (Å²) in [7, 11) is 0. The molecule has 7 atom stereocenters. The number of nitrogens with zero attached hydrogens (tertiary/aromatic N) is 1. The molecule has 3 N–H and O–H groups in total. The highest BCUT2D eigenvalue weighted by Crippen LogP contribution is 2.59. The molecule has 0 radical (unpaired) electrons. The van der Waals surface area contributed by atoms with E-state index in [2.05, 4.69) is 30.9 Å². The third-order valence-corrected chi connectivity index (χ3v) is 9.10. The van der Waals surface area contributed by atoms with E-state index in [1.165, 1.54) is 37.7 Å². The zero-order valence-corrected chi connectivity index (χ0v) is 20.0. The summed E-state index contributed by atoms with van der Waals surface area (Å²) in [6.45, 7) is 10.1. The predicted octanol–water partition coefficient (Wildman–Crippen LogP) is 4.44. The molecule has 0 bridgehead atoms. The number of likely N-dealkylation sites (tertiary alicyclic amines) is 1. The van der Waals surface area contributed by atoms with Gasteiger partial charge in [0.1, 0.15) is 0 Å². The van der Waals surface area contributed by atoms with Crippen molar-refractivity contribution in [1.82, 2.24) is 4.90 Å². The lowest BCUT2D eigenvalue weighted by Crippen LogP contribution is -2.48. The standard InChI is InChI=1S/C27H45NO3/c1-19(17-28-13-5-11-26(2,31)18-28)24-9-10-25-21(6-4-12-27(24,25)3)8-7-20-14-22(29)16-23(30)15-20/h7-8,19,22-25,29-31H,4-6,9-18H2,1-3H3/b21-8+/t19?,22-,23-,24-,25+,26-,27-/m1/s1. The summed E-state index contributed by atoms with van der Waals surface area (Å²) in [6, 6.07) is 0. The molecule has 4 heteroatoms. The lowest BCUT2D eigenvalue weighted by Gasteiger charge is -2.46. The van der Waals surface area contributed by atoms with Crippen LogP contribution >= 0.6 is 0 Å². The highest BCUT2D eigenvalue weighted by molar-refractivity contribution is 5.26. The van der Waals surface area contributed by atoms with Crippen LogP contribution in [0, 0.1) is 23.2 Å². The first-order valence-corrected chi connectivity index (χ1v) is 12.9. The molecule has 0 spiro atoms. The van der Waals surface area contributed by atoms with Gasteiger partial charge in [0.05, 0.1) is 17.8 Å². The van der Waals surface area contributed by atoms with Crippen molar-refractivity contribution in [2.24, 2.45) is 23.2 Å². The van der Waals surface area contributed by atoms with Gasteiger partial charge in [-0.05, 0) is 101 Å². The maximum atomic E-state index is 10.5. The fraction of sp³-hybridized carbons (Fsp3) is 0.852. The molecule has 0 aromatic heterocycles. The number of fused-ring (bicyclic) bond motifs is 1. The molecule has 3 aliphatic carbocycles. The summed E-state index contributed by atoms with van der Waals surface area (Å²) in [5.41, 5.74) is 2.66. The third-order valence-electron chi connectivity index (χ3n) is 9.10. The molecule has 0 amide bonds. The fourth-order valence-electron chi connectivity index (χ4n) is 7.76. The highest BCUT2D eigenvalue weighted by Gasteiger charge is 2.50. The lowest BCUT2D eigenvalue weighted by atomic mass is 9.61. The quantitative estimate of drug-likeness (QED) is 0.616. The SMILES string of the molecule is CC(CN1CCC[C@@](C)(O)C1)[C@H]1CC[C@H]2/C(=C/C=C3C[C@@H](O)C[C@H](O)C3)CCC[C@]12C. The first-order valence-electron chi connectivity index (χ1n) is 12.9. The minimum absolute atomic E-state index is 0.381. The Balaban J connectivity index is 1.43. The first kappa shape index (κ1) is 23.5. The van der Waals surface area contributed by atoms with Crippen molar-refractivity contribution in [1.29, 1.82) is 0 Å². The van der Waals surface area contributed by atoms with Crippen LogP contribution in [-0.2, 0) is 0 Å². The summed E-state index contributed by atoms with van der Waals surface area (Å²) >= 11 is 0. The van der Waals surface area contributed by atoms with Gasteiger partial charge in [0, 0.05) is 13.1 Å². The number of piperidine rings is 1. The highest BCUT2D eigenvalue weighted by atomic mass is 16.3. The Labute approximate surface area is 189 Å². The van der Waals surface area contributed by atoms with E-state index in [0.29, 0.717) is 36.5 Å². The van der Waals surface area contributed by atoms with Gasteiger partial charge in [-0.25, -0.2) is 0 Å². The minimum Gasteiger partial charge on any atom is -0.393 e. The normalized spacial score (nSPS) is 44.3. The van der Waals surface area contributed by atoms with E-state index < -0.39 is 17.8 Å². The van der Waals surface area contributed by atoms with Crippen LogP contribution in [0.3, 0.4) is 0 Å². The Bertz CT molecular complexity index is 687. The lowest BCUT2D eigenvalue weighted by molar-refractivity contribution is -0.0262. The molecule has 0 aromatic rings. The van der Waals surface area contributed by atoms with Gasteiger partial charge in [-0.15, -0.1) is 0 Å². The minimum atomic E-state index is -0.519. The number of rotatable bonds is 4. The van der Waals surface area contributed by atoms with E-state index in [9.17, 15) is 15.3 Å². The molecule has 1 unspecified atom stereocenters. The average molecular weight is 432 g/mol. The number of aliphatic hydroxyl groups is 3. The van der Waals surface area contributed by atoms with Crippen LogP contribution in [0.2, 0.25) is 0 Å². The van der Waals surface area contributed by atoms with Crippen molar-refractivity contribution in [2.45, 2.75) is 103 Å². The molecule has 4 fully saturated rings. The van der Waals surface area contributed by atoms with E-state index in [1.807, 2.05) is 6.92 Å². The van der Waals surface area contributed by atoms with Gasteiger partial charge in [0.15, 0.2) is 0 Å². The molecular formula is C27H45NO3. The number of allylic oxidation sites excluding steroid dienone is 3. The Morgan fingerprint density at radius 1 is 1.06 bits per heavy atom. The molecule has 4 rings (SSSR count). The van der Waals surface area contributed by atoms with Gasteiger partial charge in [-0.1, -0.05) is 37.1 Å². The van der Waals surface area contributed by atoms with Crippen LogP contribution in [-0.4, -0.2) is 57.7 Å². The molecule has 176 valence electrons. The van der Waals surface area contributed by atoms with E-state index >= 15 is 0 Å². The molecule has 1 aliphatic heterocycles. The maximum Gasteiger partial charge on any atom is 0.0746 e. The average Bonchev–Trinajstić information content (AvgIpc) is 3.02. The largest absolute Gasteiger partial charge is 0.393 e. The molecule has 0 aromatic carbocycles. The van der Waals surface area contributed by atoms with Crippen molar-refractivity contribution in [3.8, 4) is 0 Å². The van der Waals surface area contributed by atoms with Crippen LogP contribution in [0.15, 0.2) is 23.3 Å². The number of β-amino-alcohol motifs (C(OH)–C–C–N with tert-alkyl or cyclic N) is 1.